The molecule has 0 amide bonds. The van der Waals surface area contributed by atoms with Gasteiger partial charge in [0.05, 0.1) is 16.1 Å². The van der Waals surface area contributed by atoms with Crippen LogP contribution in [0.25, 0.3) is 0 Å². The van der Waals surface area contributed by atoms with Crippen molar-refractivity contribution in [3.8, 4) is 0 Å². The molecule has 0 bridgehead atoms. The van der Waals surface area contributed by atoms with E-state index in [9.17, 15) is 13.2 Å². The van der Waals surface area contributed by atoms with Gasteiger partial charge in [-0.25, -0.2) is 13.2 Å². The lowest BCUT2D eigenvalue weighted by molar-refractivity contribution is 0.0697. The molecule has 2 aromatic rings. The fourth-order valence-corrected chi connectivity index (χ4v) is 3.60. The Balaban J connectivity index is 2.32. The summed E-state index contributed by atoms with van der Waals surface area (Å²) in [6.07, 6.45) is 0. The number of carboxylic acid groups (broad SMARTS) is 1. The first-order chi connectivity index (χ1) is 9.79. The summed E-state index contributed by atoms with van der Waals surface area (Å²) in [7, 11) is -3.72. The van der Waals surface area contributed by atoms with Crippen molar-refractivity contribution in [2.24, 2.45) is 0 Å². The molecule has 0 aliphatic carbocycles. The molecule has 0 spiro atoms. The summed E-state index contributed by atoms with van der Waals surface area (Å²) < 4.78 is 28.2. The third kappa shape index (κ3) is 3.95. The Hall–Kier alpha value is -1.13. The summed E-state index contributed by atoms with van der Waals surface area (Å²) in [6, 6.07) is 10.5. The molecule has 5 nitrogen and oxygen atoms in total. The topological polar surface area (TPSA) is 83.5 Å². The lowest BCUT2D eigenvalue weighted by Gasteiger charge is -2.10. The Kier molecular flexibility index (Phi) is 4.89. The zero-order chi connectivity index (χ0) is 15.6. The fraction of sp³-hybridized carbons (Fsp3) is 0. The zero-order valence-electron chi connectivity index (χ0n) is 10.4. The molecule has 0 saturated carbocycles. The molecule has 8 heteroatoms. The van der Waals surface area contributed by atoms with Crippen LogP contribution in [0.4, 0.5) is 5.69 Å². The number of hydrogen-bond donors (Lipinski definition) is 2. The molecule has 0 aliphatic rings. The van der Waals surface area contributed by atoms with Crippen LogP contribution in [0, 0.1) is 3.57 Å². The lowest BCUT2D eigenvalue weighted by atomic mass is 10.2. The van der Waals surface area contributed by atoms with Crippen LogP contribution < -0.4 is 4.72 Å². The molecule has 0 aliphatic heterocycles. The molecule has 0 saturated heterocycles. The molecule has 21 heavy (non-hydrogen) atoms. The number of rotatable bonds is 4. The van der Waals surface area contributed by atoms with E-state index in [0.29, 0.717) is 4.47 Å². The summed E-state index contributed by atoms with van der Waals surface area (Å²) >= 11 is 5.25. The van der Waals surface area contributed by atoms with E-state index in [1.54, 1.807) is 12.1 Å². The van der Waals surface area contributed by atoms with Crippen LogP contribution in [0.3, 0.4) is 0 Å². The zero-order valence-corrected chi connectivity index (χ0v) is 14.9. The highest BCUT2D eigenvalue weighted by atomic mass is 127. The van der Waals surface area contributed by atoms with Gasteiger partial charge < -0.3 is 5.11 Å². The minimum absolute atomic E-state index is 0.0686. The number of aromatic carboxylic acids is 1. The van der Waals surface area contributed by atoms with Crippen LogP contribution in [-0.4, -0.2) is 19.5 Å². The minimum Gasteiger partial charge on any atom is -0.478 e. The van der Waals surface area contributed by atoms with Crippen LogP contribution in [-0.2, 0) is 10.0 Å². The van der Waals surface area contributed by atoms with Crippen molar-refractivity contribution in [3.63, 3.8) is 0 Å². The SMILES string of the molecule is O=C(O)c1ccc(NS(=O)(=O)c2ccc(I)cc2)c(Br)c1. The second kappa shape index (κ2) is 6.32. The number of sulfonamides is 1. The number of benzene rings is 2. The maximum Gasteiger partial charge on any atom is 0.335 e. The highest BCUT2D eigenvalue weighted by Gasteiger charge is 2.16. The Morgan fingerprint density at radius 1 is 1.14 bits per heavy atom. The second-order valence-corrected chi connectivity index (χ2v) is 7.84. The van der Waals surface area contributed by atoms with Gasteiger partial charge in [-0.1, -0.05) is 0 Å². The molecule has 2 aromatic carbocycles. The van der Waals surface area contributed by atoms with Crippen LogP contribution in [0.1, 0.15) is 10.4 Å². The molecular weight excluding hydrogens is 473 g/mol. The van der Waals surface area contributed by atoms with Crippen molar-refractivity contribution in [2.45, 2.75) is 4.90 Å². The predicted octanol–water partition coefficient (Wildman–Crippen LogP) is 3.55. The number of hydrogen-bond acceptors (Lipinski definition) is 3. The van der Waals surface area contributed by atoms with Crippen molar-refractivity contribution in [3.05, 3.63) is 56.1 Å². The average molecular weight is 482 g/mol. The van der Waals surface area contributed by atoms with Gasteiger partial charge in [0.1, 0.15) is 0 Å². The number of anilines is 1. The molecule has 2 N–H and O–H groups in total. The third-order valence-electron chi connectivity index (χ3n) is 2.58. The standard InChI is InChI=1S/C13H9BrINO4S/c14-11-7-8(13(17)18)1-6-12(11)16-21(19,20)10-4-2-9(15)3-5-10/h1-7,16H,(H,17,18). The Morgan fingerprint density at radius 2 is 1.76 bits per heavy atom. The van der Waals surface area contributed by atoms with Gasteiger partial charge in [-0.3, -0.25) is 4.72 Å². The normalized spacial score (nSPS) is 11.1. The Morgan fingerprint density at radius 3 is 2.29 bits per heavy atom. The van der Waals surface area contributed by atoms with Gasteiger partial charge in [0.25, 0.3) is 10.0 Å². The number of nitrogens with one attached hydrogen (secondary N) is 1. The van der Waals surface area contributed by atoms with E-state index < -0.39 is 16.0 Å². The maximum atomic E-state index is 12.2. The molecule has 0 aromatic heterocycles. The molecule has 2 rings (SSSR count). The monoisotopic (exact) mass is 481 g/mol. The average Bonchev–Trinajstić information content (AvgIpc) is 2.41. The molecule has 0 unspecified atom stereocenters. The van der Waals surface area contributed by atoms with E-state index in [1.165, 1.54) is 30.3 Å². The molecule has 0 fully saturated rings. The van der Waals surface area contributed by atoms with E-state index in [2.05, 4.69) is 43.2 Å². The quantitative estimate of drug-likeness (QED) is 0.654. The van der Waals surface area contributed by atoms with Gasteiger partial charge in [-0.2, -0.15) is 0 Å². The van der Waals surface area contributed by atoms with Crippen LogP contribution in [0.15, 0.2) is 51.8 Å². The van der Waals surface area contributed by atoms with Crippen LogP contribution >= 0.6 is 38.5 Å². The largest absolute Gasteiger partial charge is 0.478 e. The van der Waals surface area contributed by atoms with E-state index in [-0.39, 0.29) is 16.1 Å². The van der Waals surface area contributed by atoms with Crippen molar-refractivity contribution < 1.29 is 18.3 Å². The van der Waals surface area contributed by atoms with Gasteiger partial charge in [0, 0.05) is 8.04 Å². The van der Waals surface area contributed by atoms with Crippen molar-refractivity contribution >= 4 is 60.2 Å². The first-order valence-corrected chi connectivity index (χ1v) is 8.96. The molecule has 110 valence electrons. The summed E-state index contributed by atoms with van der Waals surface area (Å²) in [5.74, 6) is -1.08. The van der Waals surface area contributed by atoms with E-state index in [4.69, 9.17) is 5.11 Å². The van der Waals surface area contributed by atoms with Gasteiger partial charge in [-0.15, -0.1) is 0 Å². The highest BCUT2D eigenvalue weighted by Crippen LogP contribution is 2.26. The van der Waals surface area contributed by atoms with E-state index in [1.807, 2.05) is 0 Å². The molecular formula is C13H9BrINO4S. The minimum atomic E-state index is -3.72. The third-order valence-corrected chi connectivity index (χ3v) is 5.34. The smallest absolute Gasteiger partial charge is 0.335 e. The molecule has 0 atom stereocenters. The van der Waals surface area contributed by atoms with Crippen molar-refractivity contribution in [1.29, 1.82) is 0 Å². The second-order valence-electron chi connectivity index (χ2n) is 4.06. The molecule has 0 heterocycles. The van der Waals surface area contributed by atoms with Gasteiger partial charge >= 0.3 is 5.97 Å². The van der Waals surface area contributed by atoms with Crippen molar-refractivity contribution in [2.75, 3.05) is 4.72 Å². The summed E-state index contributed by atoms with van der Waals surface area (Å²) in [5, 5.41) is 8.88. The van der Waals surface area contributed by atoms with Gasteiger partial charge in [0.2, 0.25) is 0 Å². The Bertz CT molecular complexity index is 790. The maximum absolute atomic E-state index is 12.2. The Labute approximate surface area is 143 Å². The van der Waals surface area contributed by atoms with E-state index in [0.717, 1.165) is 3.57 Å². The number of halogens is 2. The first-order valence-electron chi connectivity index (χ1n) is 5.61. The first kappa shape index (κ1) is 16.2. The summed E-state index contributed by atoms with van der Waals surface area (Å²) in [4.78, 5) is 11.0. The predicted molar refractivity (Wildman–Crippen MR) is 91.1 cm³/mol. The fourth-order valence-electron chi connectivity index (χ4n) is 1.55. The summed E-state index contributed by atoms with van der Waals surface area (Å²) in [6.45, 7) is 0. The molecule has 0 radical (unpaired) electrons. The van der Waals surface area contributed by atoms with E-state index >= 15 is 0 Å². The number of carboxylic acids is 1. The lowest BCUT2D eigenvalue weighted by Crippen LogP contribution is -2.13. The highest BCUT2D eigenvalue weighted by molar-refractivity contribution is 14.1. The van der Waals surface area contributed by atoms with Gasteiger partial charge in [0.15, 0.2) is 0 Å². The van der Waals surface area contributed by atoms with Crippen molar-refractivity contribution in [1.82, 2.24) is 0 Å². The van der Waals surface area contributed by atoms with Gasteiger partial charge in [-0.05, 0) is 81.0 Å². The summed E-state index contributed by atoms with van der Waals surface area (Å²) in [5.41, 5.74) is 0.345. The number of carbonyl (C=O) groups is 1. The van der Waals surface area contributed by atoms with Crippen LogP contribution in [0.2, 0.25) is 0 Å². The van der Waals surface area contributed by atoms with Crippen LogP contribution in [0.5, 0.6) is 0 Å².